The van der Waals surface area contributed by atoms with Crippen molar-refractivity contribution < 1.29 is 17.6 Å². The van der Waals surface area contributed by atoms with Gasteiger partial charge in [-0.15, -0.1) is 0 Å². The number of amides is 1. The minimum absolute atomic E-state index is 0.0892. The van der Waals surface area contributed by atoms with E-state index in [0.29, 0.717) is 18.6 Å². The van der Waals surface area contributed by atoms with Crippen LogP contribution < -0.4 is 11.1 Å². The number of rotatable bonds is 4. The fourth-order valence-electron chi connectivity index (χ4n) is 3.91. The Kier molecular flexibility index (Phi) is 5.66. The van der Waals surface area contributed by atoms with Gasteiger partial charge >= 0.3 is 5.76 Å². The quantitative estimate of drug-likeness (QED) is 0.812. The molecule has 1 saturated heterocycles. The molecule has 1 aliphatic heterocycles. The highest BCUT2D eigenvalue weighted by molar-refractivity contribution is 7.89. The standard InChI is InChI=1S/C20H29N3O5S/c1-13-8-14(2)11-22(10-13)29(26,27)15-6-7-16-17(9-15)28-19(25)23(16)12-18(24)21-20(3,4)5/h6-7,9,13-14H,8,10-12H2,1-5H3,(H,21,24)/t13-,14-/m1/s1. The maximum absolute atomic E-state index is 13.1. The van der Waals surface area contributed by atoms with Crippen molar-refractivity contribution in [3.05, 3.63) is 28.7 Å². The minimum Gasteiger partial charge on any atom is -0.408 e. The van der Waals surface area contributed by atoms with Crippen LogP contribution in [0.25, 0.3) is 11.1 Å². The molecule has 0 radical (unpaired) electrons. The predicted molar refractivity (Wildman–Crippen MR) is 110 cm³/mol. The van der Waals surface area contributed by atoms with Crippen molar-refractivity contribution in [3.63, 3.8) is 0 Å². The first-order chi connectivity index (χ1) is 13.4. The van der Waals surface area contributed by atoms with Gasteiger partial charge in [-0.05, 0) is 51.2 Å². The number of nitrogens with one attached hydrogen (secondary N) is 1. The number of nitrogens with zero attached hydrogens (tertiary/aromatic N) is 2. The molecule has 1 amide bonds. The summed E-state index contributed by atoms with van der Waals surface area (Å²) in [5.41, 5.74) is 0.112. The highest BCUT2D eigenvalue weighted by atomic mass is 32.2. The molecule has 3 rings (SSSR count). The molecule has 29 heavy (non-hydrogen) atoms. The van der Waals surface area contributed by atoms with Crippen LogP contribution in [0, 0.1) is 11.8 Å². The molecule has 1 aromatic carbocycles. The highest BCUT2D eigenvalue weighted by Gasteiger charge is 2.32. The van der Waals surface area contributed by atoms with Crippen LogP contribution in [0.15, 0.2) is 32.3 Å². The maximum atomic E-state index is 13.1. The molecule has 1 aromatic heterocycles. The Labute approximate surface area is 170 Å². The molecule has 8 nitrogen and oxygen atoms in total. The number of fused-ring (bicyclic) bond motifs is 1. The third kappa shape index (κ3) is 4.72. The molecule has 0 aliphatic carbocycles. The topological polar surface area (TPSA) is 102 Å². The molecule has 2 atom stereocenters. The van der Waals surface area contributed by atoms with Crippen molar-refractivity contribution in [2.24, 2.45) is 11.8 Å². The van der Waals surface area contributed by atoms with Gasteiger partial charge in [-0.1, -0.05) is 13.8 Å². The number of carbonyl (C=O) groups is 1. The summed E-state index contributed by atoms with van der Waals surface area (Å²) in [6.07, 6.45) is 0.999. The zero-order chi connectivity index (χ0) is 21.6. The van der Waals surface area contributed by atoms with Crippen LogP contribution in [0.1, 0.15) is 41.0 Å². The van der Waals surface area contributed by atoms with E-state index in [9.17, 15) is 18.0 Å². The summed E-state index contributed by atoms with van der Waals surface area (Å²) in [4.78, 5) is 24.5. The normalized spacial score (nSPS) is 21.4. The molecule has 0 saturated carbocycles. The largest absolute Gasteiger partial charge is 0.420 e. The lowest BCUT2D eigenvalue weighted by atomic mass is 9.94. The van der Waals surface area contributed by atoms with Crippen molar-refractivity contribution in [1.29, 1.82) is 0 Å². The van der Waals surface area contributed by atoms with E-state index in [1.165, 1.54) is 27.1 Å². The molecule has 1 fully saturated rings. The third-order valence-corrected chi connectivity index (χ3v) is 6.76. The highest BCUT2D eigenvalue weighted by Crippen LogP contribution is 2.28. The van der Waals surface area contributed by atoms with E-state index in [1.54, 1.807) is 0 Å². The number of carbonyl (C=O) groups excluding carboxylic acids is 1. The SMILES string of the molecule is C[C@@H]1C[C@@H](C)CN(S(=O)(=O)c2ccc3c(c2)oc(=O)n3CC(=O)NC(C)(C)C)C1. The monoisotopic (exact) mass is 423 g/mol. The zero-order valence-electron chi connectivity index (χ0n) is 17.6. The van der Waals surface area contributed by atoms with Crippen LogP contribution in [0.4, 0.5) is 0 Å². The second-order valence-electron chi connectivity index (χ2n) is 9.15. The number of benzene rings is 1. The van der Waals surface area contributed by atoms with Crippen LogP contribution in [0.2, 0.25) is 0 Å². The number of oxazole rings is 1. The fraction of sp³-hybridized carbons (Fsp3) is 0.600. The summed E-state index contributed by atoms with van der Waals surface area (Å²) in [7, 11) is -3.69. The van der Waals surface area contributed by atoms with Gasteiger partial charge < -0.3 is 9.73 Å². The molecular weight excluding hydrogens is 394 g/mol. The molecule has 9 heteroatoms. The summed E-state index contributed by atoms with van der Waals surface area (Å²) in [6.45, 7) is 10.4. The Hall–Kier alpha value is -2.13. The second kappa shape index (κ2) is 7.60. The third-order valence-electron chi connectivity index (χ3n) is 4.93. The molecule has 0 unspecified atom stereocenters. The lowest BCUT2D eigenvalue weighted by Crippen LogP contribution is -2.43. The fourth-order valence-corrected chi connectivity index (χ4v) is 5.60. The van der Waals surface area contributed by atoms with Gasteiger partial charge in [-0.25, -0.2) is 13.2 Å². The molecule has 0 spiro atoms. The van der Waals surface area contributed by atoms with Crippen molar-refractivity contribution in [2.75, 3.05) is 13.1 Å². The van der Waals surface area contributed by atoms with E-state index < -0.39 is 21.3 Å². The van der Waals surface area contributed by atoms with E-state index in [1.807, 2.05) is 34.6 Å². The van der Waals surface area contributed by atoms with Crippen molar-refractivity contribution in [1.82, 2.24) is 14.2 Å². The van der Waals surface area contributed by atoms with Crippen LogP contribution in [-0.4, -0.2) is 41.8 Å². The Bertz CT molecular complexity index is 1070. The average Bonchev–Trinajstić information content (AvgIpc) is 2.87. The zero-order valence-corrected chi connectivity index (χ0v) is 18.4. The summed E-state index contributed by atoms with van der Waals surface area (Å²) in [6, 6.07) is 4.36. The number of hydrogen-bond donors (Lipinski definition) is 1. The van der Waals surface area contributed by atoms with Crippen molar-refractivity contribution in [3.8, 4) is 0 Å². The van der Waals surface area contributed by atoms with Gasteiger partial charge in [0.25, 0.3) is 0 Å². The number of hydrogen-bond acceptors (Lipinski definition) is 5. The van der Waals surface area contributed by atoms with E-state index >= 15 is 0 Å². The molecule has 2 heterocycles. The minimum atomic E-state index is -3.69. The predicted octanol–water partition coefficient (Wildman–Crippen LogP) is 2.18. The number of sulfonamides is 1. The molecule has 160 valence electrons. The van der Waals surface area contributed by atoms with Crippen LogP contribution >= 0.6 is 0 Å². The number of aromatic nitrogens is 1. The van der Waals surface area contributed by atoms with E-state index in [-0.39, 0.29) is 34.8 Å². The van der Waals surface area contributed by atoms with Gasteiger partial charge in [0.05, 0.1) is 10.4 Å². The Morgan fingerprint density at radius 3 is 2.41 bits per heavy atom. The average molecular weight is 424 g/mol. The first-order valence-electron chi connectivity index (χ1n) is 9.81. The summed E-state index contributed by atoms with van der Waals surface area (Å²) in [5, 5.41) is 2.79. The van der Waals surface area contributed by atoms with Gasteiger partial charge in [0.2, 0.25) is 15.9 Å². The lowest BCUT2D eigenvalue weighted by Gasteiger charge is -2.34. The second-order valence-corrected chi connectivity index (χ2v) is 11.1. The Morgan fingerprint density at radius 1 is 1.21 bits per heavy atom. The van der Waals surface area contributed by atoms with Gasteiger partial charge in [-0.2, -0.15) is 4.31 Å². The molecule has 2 aromatic rings. The lowest BCUT2D eigenvalue weighted by molar-refractivity contribution is -0.123. The smallest absolute Gasteiger partial charge is 0.408 e. The van der Waals surface area contributed by atoms with Crippen molar-refractivity contribution >= 4 is 27.0 Å². The molecular formula is C20H29N3O5S. The molecule has 1 N–H and O–H groups in total. The van der Waals surface area contributed by atoms with Gasteiger partial charge in [0, 0.05) is 24.7 Å². The van der Waals surface area contributed by atoms with Gasteiger partial charge in [0.1, 0.15) is 6.54 Å². The van der Waals surface area contributed by atoms with E-state index in [0.717, 1.165) is 6.42 Å². The summed E-state index contributed by atoms with van der Waals surface area (Å²) >= 11 is 0. The Morgan fingerprint density at radius 2 is 1.83 bits per heavy atom. The summed E-state index contributed by atoms with van der Waals surface area (Å²) in [5.74, 6) is -0.440. The van der Waals surface area contributed by atoms with Gasteiger partial charge in [0.15, 0.2) is 5.58 Å². The van der Waals surface area contributed by atoms with Crippen molar-refractivity contribution in [2.45, 2.75) is 58.0 Å². The van der Waals surface area contributed by atoms with Crippen LogP contribution in [0.3, 0.4) is 0 Å². The first kappa shape index (κ1) is 21.6. The van der Waals surface area contributed by atoms with Crippen LogP contribution in [0.5, 0.6) is 0 Å². The Balaban J connectivity index is 1.92. The van der Waals surface area contributed by atoms with Gasteiger partial charge in [-0.3, -0.25) is 9.36 Å². The number of piperidine rings is 1. The molecule has 1 aliphatic rings. The van der Waals surface area contributed by atoms with E-state index in [4.69, 9.17) is 4.42 Å². The van der Waals surface area contributed by atoms with Crippen LogP contribution in [-0.2, 0) is 21.4 Å². The summed E-state index contributed by atoms with van der Waals surface area (Å²) < 4.78 is 34.1. The molecule has 0 bridgehead atoms. The first-order valence-corrected chi connectivity index (χ1v) is 11.3. The maximum Gasteiger partial charge on any atom is 0.420 e. The van der Waals surface area contributed by atoms with E-state index in [2.05, 4.69) is 5.32 Å².